The molecule has 0 bridgehead atoms. The molecule has 3 nitrogen and oxygen atoms in total. The van der Waals surface area contributed by atoms with E-state index < -0.39 is 0 Å². The molecule has 2 fully saturated rings. The fourth-order valence-electron chi connectivity index (χ4n) is 3.40. The maximum absolute atomic E-state index is 12.5. The zero-order chi connectivity index (χ0) is 12.3. The Kier molecular flexibility index (Phi) is 4.43. The molecular weight excluding hydrogens is 212 g/mol. The van der Waals surface area contributed by atoms with Crippen molar-refractivity contribution >= 4 is 5.91 Å². The van der Waals surface area contributed by atoms with Crippen LogP contribution in [0.4, 0.5) is 0 Å². The largest absolute Gasteiger partial charge is 0.339 e. The van der Waals surface area contributed by atoms with Crippen LogP contribution in [0.15, 0.2) is 0 Å². The van der Waals surface area contributed by atoms with Gasteiger partial charge in [-0.2, -0.15) is 0 Å². The van der Waals surface area contributed by atoms with Gasteiger partial charge in [-0.1, -0.05) is 13.3 Å². The van der Waals surface area contributed by atoms with E-state index in [1.54, 1.807) is 0 Å². The molecule has 98 valence electrons. The van der Waals surface area contributed by atoms with Crippen LogP contribution in [-0.4, -0.2) is 29.4 Å². The zero-order valence-corrected chi connectivity index (χ0v) is 11.0. The van der Waals surface area contributed by atoms with Crippen LogP contribution >= 0.6 is 0 Å². The molecule has 3 unspecified atom stereocenters. The van der Waals surface area contributed by atoms with Crippen LogP contribution in [0.25, 0.3) is 0 Å². The Labute approximate surface area is 105 Å². The molecule has 0 aromatic carbocycles. The van der Waals surface area contributed by atoms with Gasteiger partial charge in [-0.05, 0) is 44.9 Å². The number of hydrogen-bond donors (Lipinski definition) is 1. The van der Waals surface area contributed by atoms with Gasteiger partial charge in [0.25, 0.3) is 0 Å². The normalized spacial score (nSPS) is 34.7. The van der Waals surface area contributed by atoms with Gasteiger partial charge in [-0.3, -0.25) is 4.79 Å². The minimum absolute atomic E-state index is 0.214. The molecule has 0 spiro atoms. The van der Waals surface area contributed by atoms with Crippen molar-refractivity contribution in [2.24, 2.45) is 11.7 Å². The average Bonchev–Trinajstić information content (AvgIpc) is 2.38. The highest BCUT2D eigenvalue weighted by Crippen LogP contribution is 2.28. The predicted molar refractivity (Wildman–Crippen MR) is 69.6 cm³/mol. The Morgan fingerprint density at radius 3 is 2.76 bits per heavy atom. The highest BCUT2D eigenvalue weighted by Gasteiger charge is 2.32. The Hall–Kier alpha value is -0.570. The summed E-state index contributed by atoms with van der Waals surface area (Å²) in [5, 5.41) is 0. The lowest BCUT2D eigenvalue weighted by molar-refractivity contribution is -0.140. The molecule has 1 aliphatic carbocycles. The Bertz CT molecular complexity index is 267. The number of piperidine rings is 1. The molecule has 1 aliphatic heterocycles. The number of rotatable bonds is 2. The number of hydrogen-bond acceptors (Lipinski definition) is 2. The first kappa shape index (κ1) is 12.9. The standard InChI is InChI=1S/C14H26N2O/c1-2-13-8-3-4-9-16(13)14(17)11-6-5-7-12(15)10-11/h11-13H,2-10,15H2,1H3. The summed E-state index contributed by atoms with van der Waals surface area (Å²) in [4.78, 5) is 14.7. The maximum atomic E-state index is 12.5. The minimum Gasteiger partial charge on any atom is -0.339 e. The predicted octanol–water partition coefficient (Wildman–Crippen LogP) is 2.29. The highest BCUT2D eigenvalue weighted by atomic mass is 16.2. The van der Waals surface area contributed by atoms with Gasteiger partial charge in [-0.25, -0.2) is 0 Å². The summed E-state index contributed by atoms with van der Waals surface area (Å²) in [7, 11) is 0. The molecule has 3 heteroatoms. The molecular formula is C14H26N2O. The van der Waals surface area contributed by atoms with Crippen molar-refractivity contribution in [2.45, 2.75) is 70.4 Å². The number of carbonyl (C=O) groups is 1. The second-order valence-electron chi connectivity index (χ2n) is 5.71. The van der Waals surface area contributed by atoms with Gasteiger partial charge < -0.3 is 10.6 Å². The lowest BCUT2D eigenvalue weighted by Gasteiger charge is -2.39. The van der Waals surface area contributed by atoms with Crippen LogP contribution in [-0.2, 0) is 4.79 Å². The number of carbonyl (C=O) groups excluding carboxylic acids is 1. The Balaban J connectivity index is 1.97. The Morgan fingerprint density at radius 1 is 1.24 bits per heavy atom. The second kappa shape index (κ2) is 5.85. The molecule has 1 heterocycles. The van der Waals surface area contributed by atoms with E-state index in [-0.39, 0.29) is 12.0 Å². The molecule has 17 heavy (non-hydrogen) atoms. The summed E-state index contributed by atoms with van der Waals surface area (Å²) in [5.74, 6) is 0.609. The van der Waals surface area contributed by atoms with E-state index in [4.69, 9.17) is 5.73 Å². The first-order valence-electron chi connectivity index (χ1n) is 7.28. The van der Waals surface area contributed by atoms with Crippen molar-refractivity contribution in [1.29, 1.82) is 0 Å². The fourth-order valence-corrected chi connectivity index (χ4v) is 3.40. The number of amides is 1. The van der Waals surface area contributed by atoms with Crippen LogP contribution in [0.2, 0.25) is 0 Å². The van der Waals surface area contributed by atoms with Gasteiger partial charge in [0, 0.05) is 24.5 Å². The monoisotopic (exact) mass is 238 g/mol. The number of nitrogens with two attached hydrogens (primary N) is 1. The van der Waals surface area contributed by atoms with Gasteiger partial charge in [0.05, 0.1) is 0 Å². The highest BCUT2D eigenvalue weighted by molar-refractivity contribution is 5.79. The SMILES string of the molecule is CCC1CCCCN1C(=O)C1CCCC(N)C1. The molecule has 2 aliphatic rings. The zero-order valence-electron chi connectivity index (χ0n) is 11.0. The summed E-state index contributed by atoms with van der Waals surface area (Å²) in [6.45, 7) is 3.17. The van der Waals surface area contributed by atoms with Crippen molar-refractivity contribution in [1.82, 2.24) is 4.90 Å². The summed E-state index contributed by atoms with van der Waals surface area (Å²) in [6.07, 6.45) is 8.95. The van der Waals surface area contributed by atoms with Crippen LogP contribution in [0.5, 0.6) is 0 Å². The van der Waals surface area contributed by atoms with Crippen molar-refractivity contribution in [3.63, 3.8) is 0 Å². The van der Waals surface area contributed by atoms with E-state index >= 15 is 0 Å². The lowest BCUT2D eigenvalue weighted by atomic mass is 9.84. The summed E-state index contributed by atoms with van der Waals surface area (Å²) in [6, 6.07) is 0.747. The van der Waals surface area contributed by atoms with Crippen molar-refractivity contribution in [3.05, 3.63) is 0 Å². The van der Waals surface area contributed by atoms with Gasteiger partial charge >= 0.3 is 0 Å². The van der Waals surface area contributed by atoms with Crippen LogP contribution in [0.3, 0.4) is 0 Å². The topological polar surface area (TPSA) is 46.3 Å². The van der Waals surface area contributed by atoms with Gasteiger partial charge in [-0.15, -0.1) is 0 Å². The Morgan fingerprint density at radius 2 is 2.06 bits per heavy atom. The van der Waals surface area contributed by atoms with Crippen molar-refractivity contribution < 1.29 is 4.79 Å². The van der Waals surface area contributed by atoms with Crippen molar-refractivity contribution in [3.8, 4) is 0 Å². The molecule has 0 radical (unpaired) electrons. The third-order valence-corrected chi connectivity index (χ3v) is 4.45. The average molecular weight is 238 g/mol. The molecule has 1 amide bonds. The van der Waals surface area contributed by atoms with Crippen LogP contribution in [0, 0.1) is 5.92 Å². The van der Waals surface area contributed by atoms with E-state index in [9.17, 15) is 4.79 Å². The maximum Gasteiger partial charge on any atom is 0.225 e. The van der Waals surface area contributed by atoms with Gasteiger partial charge in [0.15, 0.2) is 0 Å². The molecule has 1 saturated heterocycles. The molecule has 2 rings (SSSR count). The van der Waals surface area contributed by atoms with Crippen LogP contribution in [0.1, 0.15) is 58.3 Å². The second-order valence-corrected chi connectivity index (χ2v) is 5.71. The number of likely N-dealkylation sites (tertiary alicyclic amines) is 1. The van der Waals surface area contributed by atoms with E-state index in [1.807, 2.05) is 0 Å². The lowest BCUT2D eigenvalue weighted by Crippen LogP contribution is -2.47. The minimum atomic E-state index is 0.214. The van der Waals surface area contributed by atoms with Gasteiger partial charge in [0.1, 0.15) is 0 Å². The van der Waals surface area contributed by atoms with Crippen LogP contribution < -0.4 is 5.73 Å². The summed E-state index contributed by atoms with van der Waals surface area (Å²) >= 11 is 0. The summed E-state index contributed by atoms with van der Waals surface area (Å²) < 4.78 is 0. The molecule has 0 aromatic heterocycles. The van der Waals surface area contributed by atoms with Crippen molar-refractivity contribution in [2.75, 3.05) is 6.54 Å². The summed E-state index contributed by atoms with van der Waals surface area (Å²) in [5.41, 5.74) is 5.99. The molecule has 3 atom stereocenters. The first-order valence-corrected chi connectivity index (χ1v) is 7.28. The molecule has 0 aromatic rings. The molecule has 1 saturated carbocycles. The van der Waals surface area contributed by atoms with Gasteiger partial charge in [0.2, 0.25) is 5.91 Å². The van der Waals surface area contributed by atoms with E-state index in [0.29, 0.717) is 11.9 Å². The smallest absolute Gasteiger partial charge is 0.225 e. The quantitative estimate of drug-likeness (QED) is 0.802. The fraction of sp³-hybridized carbons (Fsp3) is 0.929. The number of nitrogens with zero attached hydrogens (tertiary/aromatic N) is 1. The third kappa shape index (κ3) is 3.01. The third-order valence-electron chi connectivity index (χ3n) is 4.45. The van der Waals surface area contributed by atoms with E-state index in [1.165, 1.54) is 19.3 Å². The van der Waals surface area contributed by atoms with E-state index in [2.05, 4.69) is 11.8 Å². The first-order chi connectivity index (χ1) is 8.22. The van der Waals surface area contributed by atoms with E-state index in [0.717, 1.165) is 38.6 Å². The molecule has 2 N–H and O–H groups in total.